The van der Waals surface area contributed by atoms with Gasteiger partial charge >= 0.3 is 0 Å². The van der Waals surface area contributed by atoms with Crippen molar-refractivity contribution in [3.8, 4) is 67.7 Å². The van der Waals surface area contributed by atoms with Gasteiger partial charge in [-0.3, -0.25) is 0 Å². The van der Waals surface area contributed by atoms with E-state index in [2.05, 4.69) is 158 Å². The lowest BCUT2D eigenvalue weighted by molar-refractivity contribution is 1.07. The fourth-order valence-electron chi connectivity index (χ4n) is 9.06. The number of rotatable bonds is 6. The first-order valence-electron chi connectivity index (χ1n) is 21.0. The Hall–Kier alpha value is -8.34. The summed E-state index contributed by atoms with van der Waals surface area (Å²) in [5.41, 5.74) is 10.1. The van der Waals surface area contributed by atoms with Crippen molar-refractivity contribution in [1.29, 1.82) is 0 Å². The molecule has 2 heterocycles. The molecule has 0 amide bonds. The third kappa shape index (κ3) is 6.16. The fourth-order valence-corrected chi connectivity index (χ4v) is 9.06. The summed E-state index contributed by atoms with van der Waals surface area (Å²) >= 11 is 0. The van der Waals surface area contributed by atoms with Crippen LogP contribution in [-0.2, 0) is 0 Å². The summed E-state index contributed by atoms with van der Waals surface area (Å²) in [6.07, 6.45) is 0. The molecule has 62 heavy (non-hydrogen) atoms. The lowest BCUT2D eigenvalue weighted by atomic mass is 9.90. The van der Waals surface area contributed by atoms with Crippen LogP contribution >= 0.6 is 0 Å². The lowest BCUT2D eigenvalue weighted by Crippen LogP contribution is -2.00. The van der Waals surface area contributed by atoms with Crippen molar-refractivity contribution in [2.24, 2.45) is 0 Å². The lowest BCUT2D eigenvalue weighted by Gasteiger charge is -2.15. The van der Waals surface area contributed by atoms with Crippen molar-refractivity contribution in [2.45, 2.75) is 0 Å². The smallest absolute Gasteiger partial charge is 0.164 e. The van der Waals surface area contributed by atoms with Gasteiger partial charge in [0.1, 0.15) is 0 Å². The van der Waals surface area contributed by atoms with Crippen molar-refractivity contribution in [3.63, 3.8) is 0 Å². The molecule has 0 radical (unpaired) electrons. The minimum absolute atomic E-state index is 0.612. The molecule has 0 spiro atoms. The van der Waals surface area contributed by atoms with E-state index >= 15 is 0 Å². The van der Waals surface area contributed by atoms with Crippen LogP contribution in [0.3, 0.4) is 0 Å². The van der Waals surface area contributed by atoms with Crippen LogP contribution in [0.2, 0.25) is 0 Å². The molecule has 288 valence electrons. The van der Waals surface area contributed by atoms with E-state index in [-0.39, 0.29) is 0 Å². The van der Waals surface area contributed by atoms with Gasteiger partial charge < -0.3 is 0 Å². The van der Waals surface area contributed by atoms with E-state index in [4.69, 9.17) is 19.9 Å². The van der Waals surface area contributed by atoms with Crippen molar-refractivity contribution < 1.29 is 0 Å². The fraction of sp³-hybridized carbons (Fsp3) is 0. The molecule has 4 heteroatoms. The van der Waals surface area contributed by atoms with E-state index in [9.17, 15) is 0 Å². The van der Waals surface area contributed by atoms with Crippen LogP contribution in [0, 0.1) is 0 Å². The summed E-state index contributed by atoms with van der Waals surface area (Å²) in [4.78, 5) is 20.5. The topological polar surface area (TPSA) is 51.6 Å². The number of benzene rings is 10. The first-order valence-corrected chi connectivity index (χ1v) is 21.0. The van der Waals surface area contributed by atoms with Gasteiger partial charge in [0.05, 0.1) is 11.2 Å². The number of para-hydroxylation sites is 1. The molecule has 0 bridgehead atoms. The first-order chi connectivity index (χ1) is 30.7. The molecule has 0 aliphatic heterocycles. The predicted molar refractivity (Wildman–Crippen MR) is 258 cm³/mol. The highest BCUT2D eigenvalue weighted by Crippen LogP contribution is 2.40. The molecule has 10 aromatic carbocycles. The molecule has 0 saturated carbocycles. The number of nitrogens with zero attached hydrogens (tertiary/aromatic N) is 4. The van der Waals surface area contributed by atoms with Crippen LogP contribution in [0.4, 0.5) is 0 Å². The summed E-state index contributed by atoms with van der Waals surface area (Å²) < 4.78 is 0. The van der Waals surface area contributed by atoms with Gasteiger partial charge in [-0.05, 0) is 90.3 Å². The number of hydrogen-bond acceptors (Lipinski definition) is 4. The van der Waals surface area contributed by atoms with Crippen molar-refractivity contribution >= 4 is 54.0 Å². The van der Waals surface area contributed by atoms with E-state index in [1.807, 2.05) is 60.7 Å². The largest absolute Gasteiger partial charge is 0.247 e. The third-order valence-electron chi connectivity index (χ3n) is 12.1. The zero-order chi connectivity index (χ0) is 41.0. The SMILES string of the molecule is c1ccc(-c2nc(-c3ccccc3)nc(-c3cc(-c4ccc(-c5nc6ccccc6c6ccccc56)cc4)cc(-c4ccc5c6ccccc6c6ccccc6c5c4)c3)n2)cc1. The van der Waals surface area contributed by atoms with Gasteiger partial charge in [0.25, 0.3) is 0 Å². The Bertz CT molecular complexity index is 3580. The van der Waals surface area contributed by atoms with Crippen molar-refractivity contribution in [3.05, 3.63) is 218 Å². The number of fused-ring (bicyclic) bond motifs is 9. The van der Waals surface area contributed by atoms with Crippen molar-refractivity contribution in [2.75, 3.05) is 0 Å². The van der Waals surface area contributed by atoms with Crippen LogP contribution in [0.25, 0.3) is 122 Å². The summed E-state index contributed by atoms with van der Waals surface area (Å²) in [5, 5.41) is 11.0. The van der Waals surface area contributed by atoms with Crippen LogP contribution in [0.5, 0.6) is 0 Å². The van der Waals surface area contributed by atoms with Gasteiger partial charge in [-0.15, -0.1) is 0 Å². The Morgan fingerprint density at radius 2 is 0.581 bits per heavy atom. The van der Waals surface area contributed by atoms with E-state index < -0.39 is 0 Å². The third-order valence-corrected chi connectivity index (χ3v) is 12.1. The molecule has 0 aliphatic carbocycles. The molecule has 12 aromatic rings. The molecule has 0 fully saturated rings. The predicted octanol–water partition coefficient (Wildman–Crippen LogP) is 15.0. The quantitative estimate of drug-likeness (QED) is 0.158. The zero-order valence-electron chi connectivity index (χ0n) is 33.6. The van der Waals surface area contributed by atoms with Gasteiger partial charge in [0.2, 0.25) is 0 Å². The molecule has 0 N–H and O–H groups in total. The summed E-state index contributed by atoms with van der Waals surface area (Å²) in [6.45, 7) is 0. The second-order valence-electron chi connectivity index (χ2n) is 15.8. The monoisotopic (exact) mass is 788 g/mol. The van der Waals surface area contributed by atoms with Crippen LogP contribution < -0.4 is 0 Å². The minimum atomic E-state index is 0.612. The molecule has 0 unspecified atom stereocenters. The molecule has 2 aromatic heterocycles. The van der Waals surface area contributed by atoms with E-state index in [1.165, 1.54) is 37.7 Å². The normalized spacial score (nSPS) is 11.5. The van der Waals surface area contributed by atoms with Crippen LogP contribution in [0.15, 0.2) is 218 Å². The highest BCUT2D eigenvalue weighted by atomic mass is 15.0. The zero-order valence-corrected chi connectivity index (χ0v) is 33.6. The highest BCUT2D eigenvalue weighted by Gasteiger charge is 2.17. The van der Waals surface area contributed by atoms with Crippen molar-refractivity contribution in [1.82, 2.24) is 19.9 Å². The minimum Gasteiger partial charge on any atom is -0.247 e. The Morgan fingerprint density at radius 1 is 0.194 bits per heavy atom. The standard InChI is InChI=1S/C58H36N4/c1-3-15-39(16-4-1)56-60-57(40-17-5-2-6-18-40)62-58(61-56)44-34-42(37-27-29-38(30-28-37)55-52-25-12-11-23-49(52)51-24-13-14-26-54(51)59-55)33-43(35-44)41-31-32-50-47-21-8-7-19-45(47)46-20-9-10-22-48(46)53(50)36-41/h1-36H. The van der Waals surface area contributed by atoms with E-state index in [1.54, 1.807) is 0 Å². The Kier molecular flexibility index (Phi) is 8.46. The Balaban J connectivity index is 1.06. The number of aromatic nitrogens is 4. The molecular weight excluding hydrogens is 753 g/mol. The Morgan fingerprint density at radius 3 is 1.16 bits per heavy atom. The number of pyridine rings is 1. The molecule has 0 aliphatic rings. The maximum atomic E-state index is 5.19. The van der Waals surface area contributed by atoms with Gasteiger partial charge in [0.15, 0.2) is 17.5 Å². The maximum absolute atomic E-state index is 5.19. The summed E-state index contributed by atoms with van der Waals surface area (Å²) in [7, 11) is 0. The molecule has 0 atom stereocenters. The van der Waals surface area contributed by atoms with E-state index in [0.717, 1.165) is 66.5 Å². The Labute approximate surface area is 358 Å². The molecular formula is C58H36N4. The summed E-state index contributed by atoms with van der Waals surface area (Å²) in [6, 6.07) is 77.2. The van der Waals surface area contributed by atoms with Gasteiger partial charge in [-0.1, -0.05) is 188 Å². The first kappa shape index (κ1) is 35.6. The highest BCUT2D eigenvalue weighted by molar-refractivity contribution is 6.25. The maximum Gasteiger partial charge on any atom is 0.164 e. The average Bonchev–Trinajstić information content (AvgIpc) is 3.36. The van der Waals surface area contributed by atoms with Gasteiger partial charge in [-0.25, -0.2) is 19.9 Å². The molecule has 12 rings (SSSR count). The average molecular weight is 789 g/mol. The van der Waals surface area contributed by atoms with Crippen LogP contribution in [0.1, 0.15) is 0 Å². The number of hydrogen-bond donors (Lipinski definition) is 0. The van der Waals surface area contributed by atoms with Crippen LogP contribution in [-0.4, -0.2) is 19.9 Å². The molecule has 4 nitrogen and oxygen atoms in total. The van der Waals surface area contributed by atoms with E-state index in [0.29, 0.717) is 17.5 Å². The van der Waals surface area contributed by atoms with Gasteiger partial charge in [0, 0.05) is 33.0 Å². The second kappa shape index (κ2) is 14.7. The van der Waals surface area contributed by atoms with Gasteiger partial charge in [-0.2, -0.15) is 0 Å². The molecule has 0 saturated heterocycles. The second-order valence-corrected chi connectivity index (χ2v) is 15.8. The summed E-state index contributed by atoms with van der Waals surface area (Å²) in [5.74, 6) is 1.87.